The maximum Gasteiger partial charge on any atom is 0.0236 e. The number of rotatable bonds is 6. The van der Waals surface area contributed by atoms with Gasteiger partial charge in [-0.2, -0.15) is 0 Å². The van der Waals surface area contributed by atoms with E-state index < -0.39 is 0 Å². The molecule has 1 aromatic carbocycles. The maximum absolute atomic E-state index is 3.57. The second-order valence-corrected chi connectivity index (χ2v) is 6.84. The lowest BCUT2D eigenvalue weighted by Gasteiger charge is -2.22. The van der Waals surface area contributed by atoms with Crippen molar-refractivity contribution in [3.63, 3.8) is 0 Å². The molecule has 1 saturated carbocycles. The van der Waals surface area contributed by atoms with E-state index in [2.05, 4.69) is 62.3 Å². The molecule has 1 fully saturated rings. The van der Waals surface area contributed by atoms with Gasteiger partial charge in [-0.25, -0.2) is 0 Å². The third kappa shape index (κ3) is 4.96. The summed E-state index contributed by atoms with van der Waals surface area (Å²) >= 11 is 0. The van der Waals surface area contributed by atoms with E-state index in [1.165, 1.54) is 24.0 Å². The molecule has 0 aliphatic heterocycles. The molecule has 2 nitrogen and oxygen atoms in total. The zero-order chi connectivity index (χ0) is 13.9. The first-order valence-electron chi connectivity index (χ1n) is 7.48. The van der Waals surface area contributed by atoms with Gasteiger partial charge in [0.15, 0.2) is 0 Å². The molecule has 0 atom stereocenters. The molecule has 2 heteroatoms. The van der Waals surface area contributed by atoms with Crippen LogP contribution in [0.5, 0.6) is 0 Å². The SMILES string of the molecule is CN(Cc1ccccc1CCNC(C)(C)C)C1CC1. The minimum atomic E-state index is 0.208. The topological polar surface area (TPSA) is 15.3 Å². The summed E-state index contributed by atoms with van der Waals surface area (Å²) < 4.78 is 0. The van der Waals surface area contributed by atoms with Crippen LogP contribution in [0, 0.1) is 0 Å². The fraction of sp³-hybridized carbons (Fsp3) is 0.647. The van der Waals surface area contributed by atoms with Crippen molar-refractivity contribution in [3.8, 4) is 0 Å². The normalized spacial score (nSPS) is 16.1. The molecule has 0 bridgehead atoms. The minimum absolute atomic E-state index is 0.208. The minimum Gasteiger partial charge on any atom is -0.312 e. The van der Waals surface area contributed by atoms with Gasteiger partial charge in [-0.15, -0.1) is 0 Å². The van der Waals surface area contributed by atoms with Gasteiger partial charge in [0.05, 0.1) is 0 Å². The van der Waals surface area contributed by atoms with Crippen molar-refractivity contribution in [1.82, 2.24) is 10.2 Å². The van der Waals surface area contributed by atoms with Crippen LogP contribution in [0.15, 0.2) is 24.3 Å². The number of nitrogens with one attached hydrogen (secondary N) is 1. The van der Waals surface area contributed by atoms with Crippen LogP contribution in [0.4, 0.5) is 0 Å². The van der Waals surface area contributed by atoms with Gasteiger partial charge < -0.3 is 5.32 Å². The summed E-state index contributed by atoms with van der Waals surface area (Å²) in [5, 5.41) is 3.57. The summed E-state index contributed by atoms with van der Waals surface area (Å²) in [6.07, 6.45) is 3.88. The summed E-state index contributed by atoms with van der Waals surface area (Å²) in [5.41, 5.74) is 3.19. The van der Waals surface area contributed by atoms with Gasteiger partial charge in [-0.1, -0.05) is 24.3 Å². The van der Waals surface area contributed by atoms with Gasteiger partial charge in [0.25, 0.3) is 0 Å². The van der Waals surface area contributed by atoms with Crippen LogP contribution in [0.3, 0.4) is 0 Å². The second-order valence-electron chi connectivity index (χ2n) is 6.84. The molecule has 2 rings (SSSR count). The Morgan fingerprint density at radius 1 is 1.16 bits per heavy atom. The molecule has 1 aromatic rings. The smallest absolute Gasteiger partial charge is 0.0236 e. The van der Waals surface area contributed by atoms with Gasteiger partial charge >= 0.3 is 0 Å². The second kappa shape index (κ2) is 6.06. The number of hydrogen-bond donors (Lipinski definition) is 1. The molecule has 1 N–H and O–H groups in total. The quantitative estimate of drug-likeness (QED) is 0.845. The van der Waals surface area contributed by atoms with E-state index in [1.807, 2.05) is 0 Å². The van der Waals surface area contributed by atoms with Crippen molar-refractivity contribution >= 4 is 0 Å². The molecule has 1 aliphatic carbocycles. The van der Waals surface area contributed by atoms with Crippen molar-refractivity contribution in [3.05, 3.63) is 35.4 Å². The zero-order valence-corrected chi connectivity index (χ0v) is 12.9. The summed E-state index contributed by atoms with van der Waals surface area (Å²) in [7, 11) is 2.25. The number of benzene rings is 1. The highest BCUT2D eigenvalue weighted by molar-refractivity contribution is 5.27. The molecular formula is C17H28N2. The highest BCUT2D eigenvalue weighted by Gasteiger charge is 2.26. The predicted molar refractivity (Wildman–Crippen MR) is 82.4 cm³/mol. The van der Waals surface area contributed by atoms with Crippen molar-refractivity contribution in [1.29, 1.82) is 0 Å². The third-order valence-electron chi connectivity index (χ3n) is 3.76. The van der Waals surface area contributed by atoms with E-state index in [1.54, 1.807) is 0 Å². The fourth-order valence-corrected chi connectivity index (χ4v) is 2.44. The molecule has 0 heterocycles. The maximum atomic E-state index is 3.57. The lowest BCUT2D eigenvalue weighted by molar-refractivity contribution is 0.315. The Balaban J connectivity index is 1.91. The highest BCUT2D eigenvalue weighted by atomic mass is 15.1. The monoisotopic (exact) mass is 260 g/mol. The molecule has 106 valence electrons. The van der Waals surface area contributed by atoms with Crippen molar-refractivity contribution < 1.29 is 0 Å². The fourth-order valence-electron chi connectivity index (χ4n) is 2.44. The number of hydrogen-bond acceptors (Lipinski definition) is 2. The highest BCUT2D eigenvalue weighted by Crippen LogP contribution is 2.27. The van der Waals surface area contributed by atoms with Gasteiger partial charge in [-0.3, -0.25) is 4.90 Å². The molecular weight excluding hydrogens is 232 g/mol. The molecule has 0 amide bonds. The van der Waals surface area contributed by atoms with Crippen LogP contribution in [-0.2, 0) is 13.0 Å². The van der Waals surface area contributed by atoms with Gasteiger partial charge in [-0.05, 0) is 64.8 Å². The Labute approximate surface area is 118 Å². The van der Waals surface area contributed by atoms with E-state index in [0.29, 0.717) is 0 Å². The first-order chi connectivity index (χ1) is 8.96. The predicted octanol–water partition coefficient (Wildman–Crippen LogP) is 3.21. The Morgan fingerprint density at radius 3 is 2.37 bits per heavy atom. The van der Waals surface area contributed by atoms with Gasteiger partial charge in [0.2, 0.25) is 0 Å². The molecule has 0 radical (unpaired) electrons. The first-order valence-corrected chi connectivity index (χ1v) is 7.48. The number of nitrogens with zero attached hydrogens (tertiary/aromatic N) is 1. The Hall–Kier alpha value is -0.860. The van der Waals surface area contributed by atoms with E-state index in [4.69, 9.17) is 0 Å². The van der Waals surface area contributed by atoms with Crippen molar-refractivity contribution in [2.75, 3.05) is 13.6 Å². The Morgan fingerprint density at radius 2 is 1.79 bits per heavy atom. The van der Waals surface area contributed by atoms with E-state index >= 15 is 0 Å². The third-order valence-corrected chi connectivity index (χ3v) is 3.76. The van der Waals surface area contributed by atoms with E-state index in [9.17, 15) is 0 Å². The van der Waals surface area contributed by atoms with Crippen LogP contribution in [0.2, 0.25) is 0 Å². The Bertz CT molecular complexity index is 402. The molecule has 0 saturated heterocycles. The van der Waals surface area contributed by atoms with Gasteiger partial charge in [0, 0.05) is 18.1 Å². The van der Waals surface area contributed by atoms with Crippen LogP contribution in [0.1, 0.15) is 44.7 Å². The standard InChI is InChI=1S/C17H28N2/c1-17(2,3)18-12-11-14-7-5-6-8-15(14)13-19(4)16-9-10-16/h5-8,16,18H,9-13H2,1-4H3. The van der Waals surface area contributed by atoms with E-state index in [-0.39, 0.29) is 5.54 Å². The lowest BCUT2D eigenvalue weighted by atomic mass is 10.0. The molecule has 19 heavy (non-hydrogen) atoms. The average molecular weight is 260 g/mol. The summed E-state index contributed by atoms with van der Waals surface area (Å²) in [6, 6.07) is 9.72. The Kier molecular flexibility index (Phi) is 4.64. The summed E-state index contributed by atoms with van der Waals surface area (Å²) in [5.74, 6) is 0. The van der Waals surface area contributed by atoms with Crippen LogP contribution in [-0.4, -0.2) is 30.1 Å². The summed E-state index contributed by atoms with van der Waals surface area (Å²) in [4.78, 5) is 2.50. The first kappa shape index (κ1) is 14.5. The van der Waals surface area contributed by atoms with Crippen molar-refractivity contribution in [2.24, 2.45) is 0 Å². The van der Waals surface area contributed by atoms with Gasteiger partial charge in [0.1, 0.15) is 0 Å². The lowest BCUT2D eigenvalue weighted by Crippen LogP contribution is -2.37. The molecule has 0 spiro atoms. The van der Waals surface area contributed by atoms with Crippen LogP contribution < -0.4 is 5.32 Å². The molecule has 1 aliphatic rings. The molecule has 0 aromatic heterocycles. The summed E-state index contributed by atoms with van der Waals surface area (Å²) in [6.45, 7) is 8.81. The molecule has 0 unspecified atom stereocenters. The van der Waals surface area contributed by atoms with Crippen LogP contribution in [0.25, 0.3) is 0 Å². The van der Waals surface area contributed by atoms with Crippen LogP contribution >= 0.6 is 0 Å². The van der Waals surface area contributed by atoms with Crippen molar-refractivity contribution in [2.45, 2.75) is 58.2 Å². The largest absolute Gasteiger partial charge is 0.312 e. The zero-order valence-electron chi connectivity index (χ0n) is 12.9. The van der Waals surface area contributed by atoms with E-state index in [0.717, 1.165) is 25.6 Å². The average Bonchev–Trinajstić information content (AvgIpc) is 3.13.